The number of fused-ring (bicyclic) bond motifs is 1. The zero-order valence-corrected chi connectivity index (χ0v) is 18.6. The molecule has 3 aromatic rings. The first-order valence-electron chi connectivity index (χ1n) is 10.7. The van der Waals surface area contributed by atoms with E-state index in [0.717, 1.165) is 37.7 Å². The van der Waals surface area contributed by atoms with E-state index in [0.29, 0.717) is 22.4 Å². The van der Waals surface area contributed by atoms with Gasteiger partial charge in [-0.3, -0.25) is 4.98 Å². The number of nitrogens with zero attached hydrogens (tertiary/aromatic N) is 4. The maximum absolute atomic E-state index is 14.7. The SMILES string of the molecule is CO[C@H]1CCCN(c2cnc3c(C)nnc(N[C@H](C)c4cccc(C(F)(F)F)c4F)c3c2)C1. The maximum atomic E-state index is 14.7. The van der Waals surface area contributed by atoms with Gasteiger partial charge in [0.05, 0.1) is 40.8 Å². The summed E-state index contributed by atoms with van der Waals surface area (Å²) in [6, 6.07) is 4.40. The molecule has 0 amide bonds. The van der Waals surface area contributed by atoms with Crippen LogP contribution in [0.4, 0.5) is 29.1 Å². The minimum Gasteiger partial charge on any atom is -0.380 e. The lowest BCUT2D eigenvalue weighted by atomic mass is 10.0. The van der Waals surface area contributed by atoms with Crippen LogP contribution in [0.2, 0.25) is 0 Å². The van der Waals surface area contributed by atoms with Gasteiger partial charge in [0, 0.05) is 31.1 Å². The van der Waals surface area contributed by atoms with Crippen LogP contribution in [0.3, 0.4) is 0 Å². The summed E-state index contributed by atoms with van der Waals surface area (Å²) >= 11 is 0. The van der Waals surface area contributed by atoms with Crippen molar-refractivity contribution in [2.45, 2.75) is 45.0 Å². The quantitative estimate of drug-likeness (QED) is 0.520. The molecule has 2 atom stereocenters. The molecular formula is C23H25F4N5O. The van der Waals surface area contributed by atoms with Crippen LogP contribution in [0.15, 0.2) is 30.5 Å². The Morgan fingerprint density at radius 1 is 1.24 bits per heavy atom. The fourth-order valence-corrected chi connectivity index (χ4v) is 4.18. The predicted molar refractivity (Wildman–Crippen MR) is 118 cm³/mol. The average Bonchev–Trinajstić information content (AvgIpc) is 2.80. The largest absolute Gasteiger partial charge is 0.419 e. The van der Waals surface area contributed by atoms with Gasteiger partial charge in [0.2, 0.25) is 0 Å². The number of ether oxygens (including phenoxy) is 1. The summed E-state index contributed by atoms with van der Waals surface area (Å²) < 4.78 is 59.6. The van der Waals surface area contributed by atoms with Gasteiger partial charge >= 0.3 is 6.18 Å². The third-order valence-electron chi connectivity index (χ3n) is 6.00. The van der Waals surface area contributed by atoms with E-state index in [1.54, 1.807) is 27.2 Å². The van der Waals surface area contributed by atoms with Gasteiger partial charge < -0.3 is 15.0 Å². The van der Waals surface area contributed by atoms with Crippen molar-refractivity contribution in [3.63, 3.8) is 0 Å². The molecule has 0 radical (unpaired) electrons. The van der Waals surface area contributed by atoms with E-state index in [-0.39, 0.29) is 11.7 Å². The van der Waals surface area contributed by atoms with E-state index in [1.165, 1.54) is 12.1 Å². The van der Waals surface area contributed by atoms with Gasteiger partial charge in [-0.2, -0.15) is 18.3 Å². The van der Waals surface area contributed by atoms with Crippen molar-refractivity contribution in [3.05, 3.63) is 53.1 Å². The van der Waals surface area contributed by atoms with Crippen LogP contribution in [-0.2, 0) is 10.9 Å². The highest BCUT2D eigenvalue weighted by Crippen LogP contribution is 2.35. The van der Waals surface area contributed by atoms with E-state index in [1.807, 2.05) is 6.07 Å². The van der Waals surface area contributed by atoms with Crippen molar-refractivity contribution in [2.24, 2.45) is 0 Å². The third-order valence-corrected chi connectivity index (χ3v) is 6.00. The molecule has 1 saturated heterocycles. The normalized spacial score (nSPS) is 17.9. The van der Waals surface area contributed by atoms with Crippen LogP contribution in [0.5, 0.6) is 0 Å². The number of alkyl halides is 3. The van der Waals surface area contributed by atoms with Crippen LogP contribution < -0.4 is 10.2 Å². The monoisotopic (exact) mass is 463 g/mol. The zero-order valence-electron chi connectivity index (χ0n) is 18.6. The highest BCUT2D eigenvalue weighted by atomic mass is 19.4. The molecule has 0 saturated carbocycles. The lowest BCUT2D eigenvalue weighted by molar-refractivity contribution is -0.140. The fraction of sp³-hybridized carbons (Fsp3) is 0.435. The second-order valence-corrected chi connectivity index (χ2v) is 8.24. The summed E-state index contributed by atoms with van der Waals surface area (Å²) in [5, 5.41) is 12.0. The Hall–Kier alpha value is -3.01. The maximum Gasteiger partial charge on any atom is 0.419 e. The lowest BCUT2D eigenvalue weighted by Crippen LogP contribution is -2.39. The molecule has 10 heteroatoms. The van der Waals surface area contributed by atoms with E-state index < -0.39 is 23.6 Å². The number of benzene rings is 1. The van der Waals surface area contributed by atoms with Gasteiger partial charge in [0.15, 0.2) is 5.82 Å². The number of nitrogens with one attached hydrogen (secondary N) is 1. The first-order chi connectivity index (χ1) is 15.7. The first kappa shape index (κ1) is 23.2. The van der Waals surface area contributed by atoms with Gasteiger partial charge in [-0.25, -0.2) is 4.39 Å². The van der Waals surface area contributed by atoms with Gasteiger partial charge in [-0.05, 0) is 38.8 Å². The predicted octanol–water partition coefficient (Wildman–Crippen LogP) is 5.28. The molecule has 1 aliphatic heterocycles. The molecule has 176 valence electrons. The highest BCUT2D eigenvalue weighted by Gasteiger charge is 2.35. The molecule has 2 aromatic heterocycles. The van der Waals surface area contributed by atoms with E-state index in [9.17, 15) is 17.6 Å². The number of piperidine rings is 1. The molecule has 1 N–H and O–H groups in total. The number of methoxy groups -OCH3 is 1. The molecule has 0 bridgehead atoms. The standard InChI is InChI=1S/C23H25F4N5O/c1-13(17-7-4-8-19(20(17)24)23(25,26)27)29-22-18-10-15(11-28-21(18)14(2)30-31-22)32-9-5-6-16(12-32)33-3/h4,7-8,10-11,13,16H,5-6,9,12H2,1-3H3,(H,29,31)/t13-,16+/m1/s1. The summed E-state index contributed by atoms with van der Waals surface area (Å²) in [5.41, 5.74) is 0.720. The van der Waals surface area contributed by atoms with Crippen LogP contribution in [0.1, 0.15) is 42.6 Å². The Morgan fingerprint density at radius 3 is 2.76 bits per heavy atom. The van der Waals surface area contributed by atoms with E-state index in [2.05, 4.69) is 25.4 Å². The second-order valence-electron chi connectivity index (χ2n) is 8.24. The van der Waals surface area contributed by atoms with E-state index >= 15 is 0 Å². The summed E-state index contributed by atoms with van der Waals surface area (Å²) in [4.78, 5) is 6.74. The molecule has 1 aliphatic rings. The summed E-state index contributed by atoms with van der Waals surface area (Å²) in [7, 11) is 1.70. The van der Waals surface area contributed by atoms with Gasteiger partial charge in [-0.15, -0.1) is 5.10 Å². The van der Waals surface area contributed by atoms with Crippen molar-refractivity contribution >= 4 is 22.4 Å². The van der Waals surface area contributed by atoms with Crippen molar-refractivity contribution in [1.29, 1.82) is 0 Å². The molecule has 33 heavy (non-hydrogen) atoms. The number of anilines is 2. The fourth-order valence-electron chi connectivity index (χ4n) is 4.18. The van der Waals surface area contributed by atoms with Crippen LogP contribution in [-0.4, -0.2) is 41.5 Å². The minimum atomic E-state index is -4.77. The molecule has 3 heterocycles. The Morgan fingerprint density at radius 2 is 2.03 bits per heavy atom. The first-order valence-corrected chi connectivity index (χ1v) is 10.7. The number of hydrogen-bond donors (Lipinski definition) is 1. The number of hydrogen-bond acceptors (Lipinski definition) is 6. The molecule has 0 unspecified atom stereocenters. The topological polar surface area (TPSA) is 63.2 Å². The Balaban J connectivity index is 1.69. The Kier molecular flexibility index (Phi) is 6.38. The van der Waals surface area contributed by atoms with Gasteiger partial charge in [-0.1, -0.05) is 12.1 Å². The number of aryl methyl sites for hydroxylation is 1. The summed E-state index contributed by atoms with van der Waals surface area (Å²) in [6.45, 7) is 4.95. The Labute approximate surface area is 189 Å². The van der Waals surface area contributed by atoms with Crippen LogP contribution in [0.25, 0.3) is 10.9 Å². The number of pyridine rings is 1. The minimum absolute atomic E-state index is 0.108. The zero-order chi connectivity index (χ0) is 23.8. The molecule has 6 nitrogen and oxygen atoms in total. The lowest BCUT2D eigenvalue weighted by Gasteiger charge is -2.33. The number of rotatable bonds is 5. The summed E-state index contributed by atoms with van der Waals surface area (Å²) in [5.74, 6) is -0.971. The molecule has 4 rings (SSSR count). The van der Waals surface area contributed by atoms with E-state index in [4.69, 9.17) is 4.74 Å². The van der Waals surface area contributed by atoms with Crippen molar-refractivity contribution in [1.82, 2.24) is 15.2 Å². The number of aromatic nitrogens is 3. The molecule has 1 aromatic carbocycles. The smallest absolute Gasteiger partial charge is 0.380 e. The average molecular weight is 463 g/mol. The molecular weight excluding hydrogens is 438 g/mol. The van der Waals surface area contributed by atoms with Crippen molar-refractivity contribution in [2.75, 3.05) is 30.4 Å². The van der Waals surface area contributed by atoms with Crippen LogP contribution in [0, 0.1) is 12.7 Å². The van der Waals surface area contributed by atoms with Crippen molar-refractivity contribution < 1.29 is 22.3 Å². The van der Waals surface area contributed by atoms with Gasteiger partial charge in [0.25, 0.3) is 0 Å². The van der Waals surface area contributed by atoms with Crippen molar-refractivity contribution in [3.8, 4) is 0 Å². The second kappa shape index (κ2) is 9.09. The van der Waals surface area contributed by atoms with Gasteiger partial charge in [0.1, 0.15) is 5.82 Å². The summed E-state index contributed by atoms with van der Waals surface area (Å²) in [6.07, 6.45) is -0.890. The molecule has 0 aliphatic carbocycles. The third kappa shape index (κ3) is 4.71. The Bertz CT molecular complexity index is 1150. The highest BCUT2D eigenvalue weighted by molar-refractivity contribution is 5.92. The molecule has 0 spiro atoms. The number of halogens is 4. The van der Waals surface area contributed by atoms with Crippen LogP contribution >= 0.6 is 0 Å². The molecule has 1 fully saturated rings.